The second-order valence-corrected chi connectivity index (χ2v) is 6.98. The number of benzene rings is 1. The first-order valence-electron chi connectivity index (χ1n) is 9.23. The normalized spacial score (nSPS) is 21.7. The van der Waals surface area contributed by atoms with E-state index in [4.69, 9.17) is 4.74 Å². The lowest BCUT2D eigenvalue weighted by Crippen LogP contribution is -2.35. The Morgan fingerprint density at radius 3 is 2.41 bits per heavy atom. The molecular formula is C20H20F2N2O5. The zero-order valence-electron chi connectivity index (χ0n) is 15.7. The molecular weight excluding hydrogens is 386 g/mol. The lowest BCUT2D eigenvalue weighted by Gasteiger charge is -2.16. The minimum Gasteiger partial charge on any atom is -0.452 e. The molecule has 1 saturated heterocycles. The van der Waals surface area contributed by atoms with E-state index in [1.165, 1.54) is 6.92 Å². The first kappa shape index (κ1) is 20.6. The highest BCUT2D eigenvalue weighted by atomic mass is 19.1. The number of anilines is 1. The molecule has 1 N–H and O–H groups in total. The topological polar surface area (TPSA) is 92.8 Å². The first-order chi connectivity index (χ1) is 13.8. The lowest BCUT2D eigenvalue weighted by atomic mass is 9.85. The quantitative estimate of drug-likeness (QED) is 0.444. The van der Waals surface area contributed by atoms with Crippen molar-refractivity contribution >= 4 is 29.4 Å². The molecule has 1 aliphatic carbocycles. The van der Waals surface area contributed by atoms with Gasteiger partial charge in [-0.15, -0.1) is 0 Å². The van der Waals surface area contributed by atoms with Crippen LogP contribution in [-0.2, 0) is 23.9 Å². The molecule has 0 saturated carbocycles. The summed E-state index contributed by atoms with van der Waals surface area (Å²) in [4.78, 5) is 49.8. The molecule has 0 spiro atoms. The maximum Gasteiger partial charge on any atom is 0.308 e. The Morgan fingerprint density at radius 1 is 1.17 bits per heavy atom. The van der Waals surface area contributed by atoms with Gasteiger partial charge in [-0.1, -0.05) is 12.2 Å². The van der Waals surface area contributed by atoms with Crippen LogP contribution >= 0.6 is 0 Å². The molecule has 0 bridgehead atoms. The molecule has 9 heteroatoms. The molecule has 7 nitrogen and oxygen atoms in total. The van der Waals surface area contributed by atoms with E-state index in [0.717, 1.165) is 23.1 Å². The number of halogens is 2. The van der Waals surface area contributed by atoms with Crippen molar-refractivity contribution < 1.29 is 32.7 Å². The summed E-state index contributed by atoms with van der Waals surface area (Å²) in [6, 6.07) is 2.57. The Labute approximate surface area is 165 Å². The number of carbonyl (C=O) groups is 4. The van der Waals surface area contributed by atoms with Crippen molar-refractivity contribution in [2.75, 3.05) is 11.9 Å². The van der Waals surface area contributed by atoms with Gasteiger partial charge in [0.15, 0.2) is 6.10 Å². The highest BCUT2D eigenvalue weighted by Crippen LogP contribution is 2.35. The Morgan fingerprint density at radius 2 is 1.79 bits per heavy atom. The summed E-state index contributed by atoms with van der Waals surface area (Å²) >= 11 is 0. The number of rotatable bonds is 6. The molecule has 0 aromatic heterocycles. The molecule has 154 valence electrons. The van der Waals surface area contributed by atoms with E-state index >= 15 is 0 Å². The summed E-state index contributed by atoms with van der Waals surface area (Å²) in [5, 5.41) is 2.14. The number of nitrogens with zero attached hydrogens (tertiary/aromatic N) is 1. The maximum absolute atomic E-state index is 13.6. The van der Waals surface area contributed by atoms with Crippen molar-refractivity contribution in [1.82, 2.24) is 4.90 Å². The number of imide groups is 1. The molecule has 1 aliphatic heterocycles. The van der Waals surface area contributed by atoms with Gasteiger partial charge >= 0.3 is 5.97 Å². The van der Waals surface area contributed by atoms with Crippen LogP contribution in [0.3, 0.4) is 0 Å². The molecule has 1 fully saturated rings. The number of esters is 1. The molecule has 1 aromatic rings. The second-order valence-electron chi connectivity index (χ2n) is 6.98. The third-order valence-corrected chi connectivity index (χ3v) is 5.00. The fourth-order valence-electron chi connectivity index (χ4n) is 3.43. The fourth-order valence-corrected chi connectivity index (χ4v) is 3.43. The smallest absolute Gasteiger partial charge is 0.308 e. The summed E-state index contributed by atoms with van der Waals surface area (Å²) in [6.45, 7) is 1.15. The number of ether oxygens (including phenoxy) is 1. The zero-order chi connectivity index (χ0) is 21.1. The third kappa shape index (κ3) is 4.49. The standard InChI is InChI=1S/C20H20F2N2O5/c1-11(18(26)23-16-10-12(21)6-7-15(16)22)29-17(25)8-9-24-19(27)13-4-2-3-5-14(13)20(24)28/h2-3,6-7,10-11,13-14H,4-5,8-9H2,1H3,(H,23,26)/t11-,13-,14-/m0/s1. The van der Waals surface area contributed by atoms with E-state index in [-0.39, 0.29) is 42.3 Å². The van der Waals surface area contributed by atoms with Crippen LogP contribution in [0.25, 0.3) is 0 Å². The lowest BCUT2D eigenvalue weighted by molar-refractivity contribution is -0.154. The van der Waals surface area contributed by atoms with Gasteiger partial charge in [-0.05, 0) is 31.9 Å². The fraction of sp³-hybridized carbons (Fsp3) is 0.400. The second kappa shape index (κ2) is 8.50. The predicted octanol–water partition coefficient (Wildman–Crippen LogP) is 2.18. The van der Waals surface area contributed by atoms with Crippen LogP contribution in [0.4, 0.5) is 14.5 Å². The van der Waals surface area contributed by atoms with E-state index in [0.29, 0.717) is 12.8 Å². The molecule has 2 aliphatic rings. The SMILES string of the molecule is C[C@H](OC(=O)CCN1C(=O)[C@H]2CC=CC[C@@H]2C1=O)C(=O)Nc1cc(F)ccc1F. The minimum absolute atomic E-state index is 0.129. The van der Waals surface area contributed by atoms with Crippen molar-refractivity contribution in [2.24, 2.45) is 11.8 Å². The molecule has 1 heterocycles. The van der Waals surface area contributed by atoms with Gasteiger partial charge in [-0.25, -0.2) is 8.78 Å². The molecule has 0 radical (unpaired) electrons. The van der Waals surface area contributed by atoms with Crippen molar-refractivity contribution in [3.63, 3.8) is 0 Å². The summed E-state index contributed by atoms with van der Waals surface area (Å²) in [6.07, 6.45) is 3.20. The van der Waals surface area contributed by atoms with Crippen LogP contribution < -0.4 is 5.32 Å². The Bertz CT molecular complexity index is 860. The van der Waals surface area contributed by atoms with Gasteiger partial charge in [-0.3, -0.25) is 24.1 Å². The highest BCUT2D eigenvalue weighted by Gasteiger charge is 2.47. The van der Waals surface area contributed by atoms with Crippen molar-refractivity contribution in [1.29, 1.82) is 0 Å². The molecule has 3 rings (SSSR count). The van der Waals surface area contributed by atoms with E-state index in [1.54, 1.807) is 0 Å². The minimum atomic E-state index is -1.28. The number of amides is 3. The largest absolute Gasteiger partial charge is 0.452 e. The van der Waals surface area contributed by atoms with Crippen molar-refractivity contribution in [3.8, 4) is 0 Å². The van der Waals surface area contributed by atoms with Gasteiger partial charge < -0.3 is 10.1 Å². The third-order valence-electron chi connectivity index (χ3n) is 5.00. The van der Waals surface area contributed by atoms with Gasteiger partial charge in [0.1, 0.15) is 11.6 Å². The van der Waals surface area contributed by atoms with Crippen LogP contribution in [0, 0.1) is 23.5 Å². The molecule has 1 aromatic carbocycles. The van der Waals surface area contributed by atoms with Gasteiger partial charge in [0.2, 0.25) is 11.8 Å². The summed E-state index contributed by atoms with van der Waals surface area (Å²) in [7, 11) is 0. The monoisotopic (exact) mass is 406 g/mol. The summed E-state index contributed by atoms with van der Waals surface area (Å²) in [5.41, 5.74) is -0.373. The number of nitrogens with one attached hydrogen (secondary N) is 1. The highest BCUT2D eigenvalue weighted by molar-refractivity contribution is 6.05. The Kier molecular flexibility index (Phi) is 6.05. The first-order valence-corrected chi connectivity index (χ1v) is 9.23. The molecule has 29 heavy (non-hydrogen) atoms. The van der Waals surface area contributed by atoms with Crippen LogP contribution in [0.15, 0.2) is 30.4 Å². The van der Waals surface area contributed by atoms with Crippen LogP contribution in [0.1, 0.15) is 26.2 Å². The zero-order valence-corrected chi connectivity index (χ0v) is 15.7. The van der Waals surface area contributed by atoms with Crippen molar-refractivity contribution in [2.45, 2.75) is 32.3 Å². The number of carbonyl (C=O) groups excluding carboxylic acids is 4. The average molecular weight is 406 g/mol. The average Bonchev–Trinajstić information content (AvgIpc) is 2.93. The van der Waals surface area contributed by atoms with Gasteiger partial charge in [0.05, 0.1) is 23.9 Å². The number of likely N-dealkylation sites (tertiary alicyclic amines) is 1. The maximum atomic E-state index is 13.6. The number of hydrogen-bond donors (Lipinski definition) is 1. The molecule has 3 amide bonds. The Balaban J connectivity index is 1.50. The Hall–Kier alpha value is -3.10. The number of fused-ring (bicyclic) bond motifs is 1. The van der Waals surface area contributed by atoms with Gasteiger partial charge in [0.25, 0.3) is 5.91 Å². The van der Waals surface area contributed by atoms with E-state index in [1.807, 2.05) is 12.2 Å². The van der Waals surface area contributed by atoms with Gasteiger partial charge in [-0.2, -0.15) is 0 Å². The number of hydrogen-bond acceptors (Lipinski definition) is 5. The van der Waals surface area contributed by atoms with E-state index in [2.05, 4.69) is 5.32 Å². The predicted molar refractivity (Wildman–Crippen MR) is 97.2 cm³/mol. The van der Waals surface area contributed by atoms with Gasteiger partial charge in [0, 0.05) is 12.6 Å². The summed E-state index contributed by atoms with van der Waals surface area (Å²) < 4.78 is 31.7. The van der Waals surface area contributed by atoms with Crippen LogP contribution in [0.5, 0.6) is 0 Å². The molecule has 0 unspecified atom stereocenters. The van der Waals surface area contributed by atoms with Crippen LogP contribution in [-0.4, -0.2) is 41.2 Å². The summed E-state index contributed by atoms with van der Waals surface area (Å²) in [5.74, 6) is -4.56. The number of allylic oxidation sites excluding steroid dienone is 2. The van der Waals surface area contributed by atoms with E-state index in [9.17, 15) is 28.0 Å². The van der Waals surface area contributed by atoms with E-state index < -0.39 is 29.6 Å². The molecule has 3 atom stereocenters. The van der Waals surface area contributed by atoms with Crippen LogP contribution in [0.2, 0.25) is 0 Å². The van der Waals surface area contributed by atoms with Crippen molar-refractivity contribution in [3.05, 3.63) is 42.0 Å².